The Labute approximate surface area is 119 Å². The van der Waals surface area contributed by atoms with Crippen molar-refractivity contribution >= 4 is 11.8 Å². The number of aromatic nitrogens is 2. The smallest absolute Gasteiger partial charge is 0.320 e. The summed E-state index contributed by atoms with van der Waals surface area (Å²) in [6.07, 6.45) is 2.80. The summed E-state index contributed by atoms with van der Waals surface area (Å²) in [6, 6.07) is 9.71. The third-order valence-corrected chi connectivity index (χ3v) is 3.19. The van der Waals surface area contributed by atoms with Crippen LogP contribution >= 0.6 is 0 Å². The molecule has 1 heterocycles. The lowest BCUT2D eigenvalue weighted by molar-refractivity contribution is 0.249. The monoisotopic (exact) mass is 272 g/mol. The number of benzene rings is 1. The van der Waals surface area contributed by atoms with Crippen molar-refractivity contribution in [2.45, 2.75) is 26.3 Å². The number of urea groups is 1. The molecule has 106 valence electrons. The molecule has 1 unspecified atom stereocenters. The Hall–Kier alpha value is -2.30. The Bertz CT molecular complexity index is 574. The van der Waals surface area contributed by atoms with Crippen LogP contribution in [-0.4, -0.2) is 15.8 Å². The SMILES string of the molecule is CCc1ccc(C(C)NC(=O)Nc2ccn(C)n2)cc1. The number of nitrogens with one attached hydrogen (secondary N) is 2. The molecule has 1 aromatic heterocycles. The summed E-state index contributed by atoms with van der Waals surface area (Å²) in [7, 11) is 1.81. The molecule has 0 spiro atoms. The maximum absolute atomic E-state index is 11.9. The van der Waals surface area contributed by atoms with Gasteiger partial charge in [-0.15, -0.1) is 0 Å². The highest BCUT2D eigenvalue weighted by Gasteiger charge is 2.10. The quantitative estimate of drug-likeness (QED) is 0.899. The summed E-state index contributed by atoms with van der Waals surface area (Å²) in [5.41, 5.74) is 2.37. The van der Waals surface area contributed by atoms with Crippen molar-refractivity contribution in [2.75, 3.05) is 5.32 Å². The van der Waals surface area contributed by atoms with Gasteiger partial charge in [0.2, 0.25) is 0 Å². The van der Waals surface area contributed by atoms with Crippen LogP contribution in [0, 0.1) is 0 Å². The first kappa shape index (κ1) is 14.1. The lowest BCUT2D eigenvalue weighted by Crippen LogP contribution is -2.31. The number of nitrogens with zero attached hydrogens (tertiary/aromatic N) is 2. The van der Waals surface area contributed by atoms with E-state index < -0.39 is 0 Å². The standard InChI is InChI=1S/C15H20N4O/c1-4-12-5-7-13(8-6-12)11(2)16-15(20)17-14-9-10-19(3)18-14/h5-11H,4H2,1-3H3,(H2,16,17,18,20). The van der Waals surface area contributed by atoms with Gasteiger partial charge in [-0.05, 0) is 24.5 Å². The molecule has 0 saturated heterocycles. The van der Waals surface area contributed by atoms with Gasteiger partial charge in [-0.1, -0.05) is 31.2 Å². The van der Waals surface area contributed by atoms with Crippen LogP contribution in [-0.2, 0) is 13.5 Å². The van der Waals surface area contributed by atoms with Gasteiger partial charge in [-0.3, -0.25) is 10.00 Å². The zero-order valence-electron chi connectivity index (χ0n) is 12.1. The van der Waals surface area contributed by atoms with Crippen LogP contribution in [0.15, 0.2) is 36.5 Å². The second-order valence-electron chi connectivity index (χ2n) is 4.79. The van der Waals surface area contributed by atoms with E-state index in [2.05, 4.69) is 34.8 Å². The first-order valence-corrected chi connectivity index (χ1v) is 6.74. The molecule has 1 atom stereocenters. The maximum atomic E-state index is 11.9. The molecule has 0 aliphatic carbocycles. The average molecular weight is 272 g/mol. The second-order valence-corrected chi connectivity index (χ2v) is 4.79. The van der Waals surface area contributed by atoms with Crippen molar-refractivity contribution in [3.63, 3.8) is 0 Å². The Balaban J connectivity index is 1.92. The number of carbonyl (C=O) groups is 1. The molecule has 2 rings (SSSR count). The van der Waals surface area contributed by atoms with Crippen molar-refractivity contribution in [1.82, 2.24) is 15.1 Å². The third-order valence-electron chi connectivity index (χ3n) is 3.19. The van der Waals surface area contributed by atoms with E-state index in [1.54, 1.807) is 24.0 Å². The van der Waals surface area contributed by atoms with Crippen molar-refractivity contribution in [1.29, 1.82) is 0 Å². The number of carbonyl (C=O) groups excluding carboxylic acids is 1. The van der Waals surface area contributed by atoms with Gasteiger partial charge < -0.3 is 5.32 Å². The van der Waals surface area contributed by atoms with Gasteiger partial charge >= 0.3 is 6.03 Å². The maximum Gasteiger partial charge on any atom is 0.320 e. The van der Waals surface area contributed by atoms with Gasteiger partial charge in [0, 0.05) is 19.3 Å². The fraction of sp³-hybridized carbons (Fsp3) is 0.333. The van der Waals surface area contributed by atoms with Gasteiger partial charge in [-0.2, -0.15) is 5.10 Å². The van der Waals surface area contributed by atoms with Crippen LogP contribution in [0.25, 0.3) is 0 Å². The molecule has 0 fully saturated rings. The fourth-order valence-electron chi connectivity index (χ4n) is 1.96. The van der Waals surface area contributed by atoms with E-state index in [9.17, 15) is 4.79 Å². The first-order valence-electron chi connectivity index (χ1n) is 6.74. The van der Waals surface area contributed by atoms with E-state index in [-0.39, 0.29) is 12.1 Å². The Kier molecular flexibility index (Phi) is 4.40. The topological polar surface area (TPSA) is 59.0 Å². The van der Waals surface area contributed by atoms with Crippen LogP contribution in [0.5, 0.6) is 0 Å². The van der Waals surface area contributed by atoms with Gasteiger partial charge in [0.05, 0.1) is 6.04 Å². The minimum Gasteiger partial charge on any atom is -0.331 e. The molecule has 1 aromatic carbocycles. The van der Waals surface area contributed by atoms with E-state index >= 15 is 0 Å². The van der Waals surface area contributed by atoms with E-state index in [1.165, 1.54) is 5.56 Å². The summed E-state index contributed by atoms with van der Waals surface area (Å²) in [5.74, 6) is 0.540. The summed E-state index contributed by atoms with van der Waals surface area (Å²) >= 11 is 0. The van der Waals surface area contributed by atoms with Crippen LogP contribution < -0.4 is 10.6 Å². The molecular formula is C15H20N4O. The van der Waals surface area contributed by atoms with Gasteiger partial charge in [0.15, 0.2) is 5.82 Å². The molecule has 2 N–H and O–H groups in total. The predicted molar refractivity (Wildman–Crippen MR) is 79.6 cm³/mol. The van der Waals surface area contributed by atoms with Crippen LogP contribution in [0.2, 0.25) is 0 Å². The number of rotatable bonds is 4. The number of hydrogen-bond donors (Lipinski definition) is 2. The van der Waals surface area contributed by atoms with Crippen LogP contribution in [0.4, 0.5) is 10.6 Å². The van der Waals surface area contributed by atoms with Crippen LogP contribution in [0.1, 0.15) is 31.0 Å². The summed E-state index contributed by atoms with van der Waals surface area (Å²) in [5, 5.41) is 9.69. The number of amides is 2. The van der Waals surface area contributed by atoms with E-state index in [1.807, 2.05) is 19.1 Å². The van der Waals surface area contributed by atoms with Crippen molar-refractivity contribution in [3.05, 3.63) is 47.7 Å². The molecule has 5 nitrogen and oxygen atoms in total. The highest BCUT2D eigenvalue weighted by Crippen LogP contribution is 2.14. The number of aryl methyl sites for hydroxylation is 2. The second kappa shape index (κ2) is 6.23. The third kappa shape index (κ3) is 3.60. The Morgan fingerprint density at radius 2 is 2.00 bits per heavy atom. The largest absolute Gasteiger partial charge is 0.331 e. The van der Waals surface area contributed by atoms with Gasteiger partial charge in [0.25, 0.3) is 0 Å². The van der Waals surface area contributed by atoms with Gasteiger partial charge in [0.1, 0.15) is 0 Å². The normalized spacial score (nSPS) is 11.9. The number of hydrogen-bond acceptors (Lipinski definition) is 2. The molecule has 0 saturated carbocycles. The highest BCUT2D eigenvalue weighted by atomic mass is 16.2. The highest BCUT2D eigenvalue weighted by molar-refractivity contribution is 5.88. The average Bonchev–Trinajstić information content (AvgIpc) is 2.84. The lowest BCUT2D eigenvalue weighted by atomic mass is 10.1. The molecule has 5 heteroatoms. The summed E-state index contributed by atoms with van der Waals surface area (Å²) in [6.45, 7) is 4.08. The van der Waals surface area contributed by atoms with E-state index in [4.69, 9.17) is 0 Å². The van der Waals surface area contributed by atoms with Crippen molar-refractivity contribution < 1.29 is 4.79 Å². The molecular weight excluding hydrogens is 252 g/mol. The molecule has 2 amide bonds. The zero-order chi connectivity index (χ0) is 14.5. The van der Waals surface area contributed by atoms with Crippen molar-refractivity contribution in [3.8, 4) is 0 Å². The van der Waals surface area contributed by atoms with Crippen molar-refractivity contribution in [2.24, 2.45) is 7.05 Å². The minimum absolute atomic E-state index is 0.0513. The first-order chi connectivity index (χ1) is 9.58. The van der Waals surface area contributed by atoms with E-state index in [0.29, 0.717) is 5.82 Å². The molecule has 0 radical (unpaired) electrons. The minimum atomic E-state index is -0.254. The summed E-state index contributed by atoms with van der Waals surface area (Å²) < 4.78 is 1.64. The van der Waals surface area contributed by atoms with E-state index in [0.717, 1.165) is 12.0 Å². The Morgan fingerprint density at radius 1 is 1.30 bits per heavy atom. The predicted octanol–water partition coefficient (Wildman–Crippen LogP) is 2.87. The lowest BCUT2D eigenvalue weighted by Gasteiger charge is -2.14. The zero-order valence-corrected chi connectivity index (χ0v) is 12.1. The molecule has 0 bridgehead atoms. The number of anilines is 1. The summed E-state index contributed by atoms with van der Waals surface area (Å²) in [4.78, 5) is 11.9. The fourth-order valence-corrected chi connectivity index (χ4v) is 1.96. The Morgan fingerprint density at radius 3 is 2.55 bits per heavy atom. The molecule has 2 aromatic rings. The molecule has 0 aliphatic heterocycles. The van der Waals surface area contributed by atoms with Crippen LogP contribution in [0.3, 0.4) is 0 Å². The van der Waals surface area contributed by atoms with Gasteiger partial charge in [-0.25, -0.2) is 4.79 Å². The molecule has 20 heavy (non-hydrogen) atoms. The molecule has 0 aliphatic rings.